The Hall–Kier alpha value is -1.98. The van der Waals surface area contributed by atoms with Gasteiger partial charge in [0.05, 0.1) is 12.4 Å². The van der Waals surface area contributed by atoms with Crippen LogP contribution >= 0.6 is 0 Å². The van der Waals surface area contributed by atoms with Gasteiger partial charge in [0, 0.05) is 29.1 Å². The van der Waals surface area contributed by atoms with E-state index in [9.17, 15) is 27.9 Å². The molecule has 0 amide bonds. The molecule has 1 N–H and O–H groups in total. The molecule has 3 unspecified atom stereocenters. The number of halogens is 2. The maximum Gasteiger partial charge on any atom is 0.306 e. The number of esters is 1. The Morgan fingerprint density at radius 3 is 2.46 bits per heavy atom. The minimum atomic E-state index is -4.01. The number of fused-ring (bicyclic) bond motifs is 5. The molecule has 37 heavy (non-hydrogen) atoms. The van der Waals surface area contributed by atoms with Gasteiger partial charge in [-0.3, -0.25) is 18.6 Å². The first kappa shape index (κ1) is 28.0. The maximum atomic E-state index is 17.3. The third-order valence-electron chi connectivity index (χ3n) is 9.55. The number of hydrogen-bond donors (Lipinski definition) is 1. The highest BCUT2D eigenvalue weighted by Gasteiger charge is 2.78. The van der Waals surface area contributed by atoms with Gasteiger partial charge in [-0.2, -0.15) is 8.42 Å². The zero-order chi connectivity index (χ0) is 27.8. The van der Waals surface area contributed by atoms with Crippen LogP contribution in [0.3, 0.4) is 0 Å². The van der Waals surface area contributed by atoms with Crippen molar-refractivity contribution in [3.05, 3.63) is 23.8 Å². The summed E-state index contributed by atoms with van der Waals surface area (Å²) in [6.07, 6.45) is 0.485. The van der Waals surface area contributed by atoms with Crippen LogP contribution in [0.25, 0.3) is 0 Å². The zero-order valence-corrected chi connectivity index (χ0v) is 22.4. The van der Waals surface area contributed by atoms with Crippen molar-refractivity contribution in [2.75, 3.05) is 12.9 Å². The number of carbonyl (C=O) groups excluding carboxylic acids is 3. The highest BCUT2D eigenvalue weighted by molar-refractivity contribution is 7.86. The molecule has 0 aromatic heterocycles. The first-order chi connectivity index (χ1) is 17.0. The van der Waals surface area contributed by atoms with E-state index in [-0.39, 0.29) is 31.3 Å². The monoisotopic (exact) mass is 544 g/mol. The molecule has 0 aromatic rings. The summed E-state index contributed by atoms with van der Waals surface area (Å²) in [5.41, 5.74) is -7.24. The molecule has 4 aliphatic carbocycles. The molecule has 0 radical (unpaired) electrons. The number of carbonyl (C=O) groups is 3. The molecule has 3 saturated carbocycles. The van der Waals surface area contributed by atoms with E-state index in [2.05, 4.69) is 0 Å². The number of Topliss-reactive ketones (excluding diaryl/α,β-unsaturated/α-hetero) is 1. The van der Waals surface area contributed by atoms with E-state index in [0.717, 1.165) is 12.3 Å². The molecule has 4 rings (SSSR count). The molecule has 8 nitrogen and oxygen atoms in total. The topological polar surface area (TPSA) is 124 Å². The average molecular weight is 545 g/mol. The van der Waals surface area contributed by atoms with Crippen LogP contribution in [0.4, 0.5) is 8.78 Å². The predicted molar refractivity (Wildman–Crippen MR) is 128 cm³/mol. The van der Waals surface area contributed by atoms with Crippen LogP contribution in [0.15, 0.2) is 23.8 Å². The van der Waals surface area contributed by atoms with Crippen LogP contribution < -0.4 is 0 Å². The maximum absolute atomic E-state index is 17.3. The molecule has 0 spiro atoms. The summed E-state index contributed by atoms with van der Waals surface area (Å²) < 4.78 is 66.8. The molecule has 0 aliphatic heterocycles. The number of ether oxygens (including phenoxy) is 1. The van der Waals surface area contributed by atoms with E-state index < -0.39 is 86.4 Å². The van der Waals surface area contributed by atoms with Crippen molar-refractivity contribution in [3.63, 3.8) is 0 Å². The summed E-state index contributed by atoms with van der Waals surface area (Å²) in [7, 11) is -4.01. The van der Waals surface area contributed by atoms with E-state index in [0.29, 0.717) is 0 Å². The third-order valence-corrected chi connectivity index (χ3v) is 10.1. The molecular weight excluding hydrogens is 510 g/mol. The minimum Gasteiger partial charge on any atom is -0.450 e. The molecule has 0 heterocycles. The summed E-state index contributed by atoms with van der Waals surface area (Å²) in [4.78, 5) is 38.3. The van der Waals surface area contributed by atoms with Crippen molar-refractivity contribution in [2.45, 2.75) is 76.9 Å². The number of rotatable bonds is 6. The van der Waals surface area contributed by atoms with Crippen LogP contribution in [0.5, 0.6) is 0 Å². The van der Waals surface area contributed by atoms with Crippen LogP contribution in [-0.2, 0) is 33.4 Å². The van der Waals surface area contributed by atoms with E-state index >= 15 is 8.78 Å². The van der Waals surface area contributed by atoms with E-state index in [1.54, 1.807) is 13.8 Å². The summed E-state index contributed by atoms with van der Waals surface area (Å²) in [6, 6.07) is 0. The molecule has 4 aliphatic rings. The molecule has 9 atom stereocenters. The Kier molecular flexibility index (Phi) is 6.65. The Labute approximate surface area is 215 Å². The van der Waals surface area contributed by atoms with Crippen LogP contribution in [0, 0.1) is 28.6 Å². The molecule has 3 fully saturated rings. The lowest BCUT2D eigenvalue weighted by atomic mass is 9.44. The highest BCUT2D eigenvalue weighted by Crippen LogP contribution is 2.71. The third kappa shape index (κ3) is 3.78. The molecule has 0 aromatic carbocycles. The van der Waals surface area contributed by atoms with Gasteiger partial charge in [-0.05, 0) is 49.8 Å². The number of alkyl halides is 2. The SMILES string of the molecule is CCC(=O)O[C@]1(C(=O)COS(C)(=O)=O)C(C)C[C@H]2[C@@H]3CC(F)C4=CC(=O)C=C[C@]4(C)[C@@]3(F)C(O)C[C@@]21C. The molecule has 11 heteroatoms. The Balaban J connectivity index is 1.85. The zero-order valence-electron chi connectivity index (χ0n) is 21.6. The van der Waals surface area contributed by atoms with Crippen LogP contribution in [-0.4, -0.2) is 67.5 Å². The molecule has 0 saturated heterocycles. The smallest absolute Gasteiger partial charge is 0.306 e. The number of aliphatic hydroxyl groups is 1. The number of aliphatic hydroxyl groups excluding tert-OH is 1. The first-order valence-electron chi connectivity index (χ1n) is 12.5. The van der Waals surface area contributed by atoms with Gasteiger partial charge in [0.1, 0.15) is 12.8 Å². The predicted octanol–water partition coefficient (Wildman–Crippen LogP) is 2.79. The van der Waals surface area contributed by atoms with Crippen LogP contribution in [0.2, 0.25) is 0 Å². The summed E-state index contributed by atoms with van der Waals surface area (Å²) in [6.45, 7) is 5.38. The quantitative estimate of drug-likeness (QED) is 0.400. The van der Waals surface area contributed by atoms with Gasteiger partial charge in [0.25, 0.3) is 10.1 Å². The summed E-state index contributed by atoms with van der Waals surface area (Å²) in [5.74, 6) is -4.46. The van der Waals surface area contributed by atoms with Gasteiger partial charge >= 0.3 is 5.97 Å². The van der Waals surface area contributed by atoms with Gasteiger partial charge < -0.3 is 9.84 Å². The Morgan fingerprint density at radius 1 is 1.22 bits per heavy atom. The van der Waals surface area contributed by atoms with Gasteiger partial charge in [0.15, 0.2) is 17.1 Å². The fourth-order valence-electron chi connectivity index (χ4n) is 7.91. The van der Waals surface area contributed by atoms with Crippen molar-refractivity contribution in [1.82, 2.24) is 0 Å². The lowest BCUT2D eigenvalue weighted by molar-refractivity contribution is -0.231. The van der Waals surface area contributed by atoms with Gasteiger partial charge in [0.2, 0.25) is 5.78 Å². The highest BCUT2D eigenvalue weighted by atomic mass is 32.2. The second kappa shape index (κ2) is 8.77. The fraction of sp³-hybridized carbons (Fsp3) is 0.731. The van der Waals surface area contributed by atoms with E-state index in [4.69, 9.17) is 8.92 Å². The van der Waals surface area contributed by atoms with Crippen molar-refractivity contribution < 1.29 is 45.6 Å². The van der Waals surface area contributed by atoms with Crippen molar-refractivity contribution in [1.29, 1.82) is 0 Å². The fourth-order valence-corrected chi connectivity index (χ4v) is 8.23. The average Bonchev–Trinajstić information content (AvgIpc) is 3.02. The van der Waals surface area contributed by atoms with Gasteiger partial charge in [-0.1, -0.05) is 26.8 Å². The number of ketones is 2. The molecular formula is C26H34F2O8S. The van der Waals surface area contributed by atoms with Crippen LogP contribution in [0.1, 0.15) is 53.4 Å². The van der Waals surface area contributed by atoms with Crippen molar-refractivity contribution in [2.24, 2.45) is 28.6 Å². The van der Waals surface area contributed by atoms with Crippen molar-refractivity contribution >= 4 is 27.7 Å². The number of allylic oxidation sites excluding steroid dienone is 4. The second-order valence-corrected chi connectivity index (χ2v) is 13.1. The number of hydrogen-bond acceptors (Lipinski definition) is 8. The van der Waals surface area contributed by atoms with E-state index in [1.165, 1.54) is 26.0 Å². The van der Waals surface area contributed by atoms with Gasteiger partial charge in [-0.15, -0.1) is 0 Å². The Morgan fingerprint density at radius 2 is 1.86 bits per heavy atom. The first-order valence-corrected chi connectivity index (χ1v) is 14.4. The second-order valence-electron chi connectivity index (χ2n) is 11.4. The lowest BCUT2D eigenvalue weighted by Gasteiger charge is -2.63. The largest absolute Gasteiger partial charge is 0.450 e. The summed E-state index contributed by atoms with van der Waals surface area (Å²) in [5, 5.41) is 11.5. The van der Waals surface area contributed by atoms with E-state index in [1.807, 2.05) is 0 Å². The molecule has 206 valence electrons. The van der Waals surface area contributed by atoms with Crippen molar-refractivity contribution in [3.8, 4) is 0 Å². The minimum absolute atomic E-state index is 0.0197. The Bertz CT molecular complexity index is 1200. The van der Waals surface area contributed by atoms with Gasteiger partial charge in [-0.25, -0.2) is 8.78 Å². The normalized spacial score (nSPS) is 44.9. The molecule has 0 bridgehead atoms. The lowest BCUT2D eigenvalue weighted by Crippen LogP contribution is -2.71. The summed E-state index contributed by atoms with van der Waals surface area (Å²) >= 11 is 0. The standard InChI is InChI=1S/C26H34F2O8S/c1-6-22(32)36-26(21(31)13-35-37(5,33)34)14(2)9-16-17-11-19(27)18-10-15(29)7-8-23(18,3)25(17,28)20(30)12-24(16,26)4/h7-8,10,14,16-17,19-20,30H,6,9,11-13H2,1-5H3/t14?,16-,17-,19?,20?,23-,24-,25-,26-/m0/s1.